The summed E-state index contributed by atoms with van der Waals surface area (Å²) in [4.78, 5) is 11.5. The third kappa shape index (κ3) is 4.93. The van der Waals surface area contributed by atoms with Gasteiger partial charge >= 0.3 is 0 Å². The van der Waals surface area contributed by atoms with E-state index in [1.807, 2.05) is 30.4 Å². The van der Waals surface area contributed by atoms with Gasteiger partial charge in [0.15, 0.2) is 6.29 Å². The summed E-state index contributed by atoms with van der Waals surface area (Å²) in [6, 6.07) is 0. The number of ketones is 1. The van der Waals surface area contributed by atoms with Crippen LogP contribution in [0.15, 0.2) is 36.5 Å². The van der Waals surface area contributed by atoms with Gasteiger partial charge in [0.05, 0.1) is 44.1 Å². The van der Waals surface area contributed by atoms with Crippen molar-refractivity contribution in [2.24, 2.45) is 0 Å². The largest absolute Gasteiger partial charge is 0.387 e. The van der Waals surface area contributed by atoms with Crippen LogP contribution in [0.1, 0.15) is 32.6 Å². The van der Waals surface area contributed by atoms with Gasteiger partial charge in [0.2, 0.25) is 0 Å². The number of rotatable bonds is 2. The molecule has 0 aromatic carbocycles. The Hall–Kier alpha value is -1.43. The lowest BCUT2D eigenvalue weighted by Gasteiger charge is -2.49. The van der Waals surface area contributed by atoms with Gasteiger partial charge in [-0.15, -0.1) is 0 Å². The number of carbonyl (C=O) groups excluding carboxylic acids is 1. The molecule has 12 atom stereocenters. The summed E-state index contributed by atoms with van der Waals surface area (Å²) in [5.74, 6) is 0.0273. The van der Waals surface area contributed by atoms with Crippen molar-refractivity contribution < 1.29 is 43.1 Å². The summed E-state index contributed by atoms with van der Waals surface area (Å²) < 4.78 is 43.2. The van der Waals surface area contributed by atoms with Crippen LogP contribution in [0, 0.1) is 0 Å². The van der Waals surface area contributed by atoms with Crippen LogP contribution in [0.4, 0.5) is 0 Å². The maximum atomic E-state index is 11.5. The lowest BCUT2D eigenvalue weighted by molar-refractivity contribution is -0.289. The highest BCUT2D eigenvalue weighted by atomic mass is 16.7. The Bertz CT molecular complexity index is 871. The van der Waals surface area contributed by atoms with Crippen molar-refractivity contribution in [3.05, 3.63) is 36.5 Å². The number of fused-ring (bicyclic) bond motifs is 5. The Kier molecular flexibility index (Phi) is 6.94. The zero-order valence-corrected chi connectivity index (χ0v) is 19.8. The van der Waals surface area contributed by atoms with Crippen LogP contribution < -0.4 is 0 Å². The number of aliphatic hydroxyl groups is 1. The zero-order valence-electron chi connectivity index (χ0n) is 19.8. The average Bonchev–Trinajstić information content (AvgIpc) is 3.15. The molecule has 192 valence electrons. The SMILES string of the molecule is CC(=O)CC1OC[C@H]2O[C@H]3C=C[C@H]4O[C@H]5[C@H](O)[C@H]6OCC=CC[C@@H]6O[C@@H]5C[C@@H]4O[C@@H]3C/C=C\[C@@H]2O1. The fraction of sp³-hybridized carbons (Fsp3) is 0.731. The van der Waals surface area contributed by atoms with Crippen LogP contribution in [0.2, 0.25) is 0 Å². The van der Waals surface area contributed by atoms with Crippen molar-refractivity contribution in [2.45, 2.75) is 106 Å². The topological polar surface area (TPSA) is 102 Å². The van der Waals surface area contributed by atoms with Gasteiger partial charge in [-0.2, -0.15) is 0 Å². The standard InChI is InChI=1S/C26H34O9/c1-14(27)11-23-30-13-22-16(34-23)7-4-6-15-17(32-22)8-9-18-20(31-15)12-21-26(35-18)24(28)25-19(33-21)5-2-3-10-29-25/h2-4,7-9,15-26,28H,5-6,10-13H2,1H3/b7-4-/t15-,16+,17+,18-,19+,20+,21-,22-,23?,24-,25+,26-/m1/s1. The maximum absolute atomic E-state index is 11.5. The summed E-state index contributed by atoms with van der Waals surface area (Å²) in [7, 11) is 0. The minimum absolute atomic E-state index is 0.0273. The van der Waals surface area contributed by atoms with Crippen LogP contribution in [0.25, 0.3) is 0 Å². The maximum Gasteiger partial charge on any atom is 0.165 e. The number of ether oxygens (including phenoxy) is 7. The van der Waals surface area contributed by atoms with Crippen molar-refractivity contribution >= 4 is 5.78 Å². The van der Waals surface area contributed by atoms with E-state index < -0.39 is 24.6 Å². The van der Waals surface area contributed by atoms with E-state index in [1.54, 1.807) is 0 Å². The Balaban J connectivity index is 1.15. The van der Waals surface area contributed by atoms with Gasteiger partial charge in [0.25, 0.3) is 0 Å². The lowest BCUT2D eigenvalue weighted by atomic mass is 9.87. The van der Waals surface area contributed by atoms with Gasteiger partial charge in [-0.05, 0) is 19.8 Å². The van der Waals surface area contributed by atoms with Crippen LogP contribution >= 0.6 is 0 Å². The molecule has 6 rings (SSSR count). The monoisotopic (exact) mass is 490 g/mol. The fourth-order valence-electron chi connectivity index (χ4n) is 5.90. The highest BCUT2D eigenvalue weighted by Gasteiger charge is 2.52. The van der Waals surface area contributed by atoms with Crippen molar-refractivity contribution in [1.82, 2.24) is 0 Å². The first-order valence-electron chi connectivity index (χ1n) is 12.7. The highest BCUT2D eigenvalue weighted by Crippen LogP contribution is 2.38. The zero-order chi connectivity index (χ0) is 23.9. The minimum Gasteiger partial charge on any atom is -0.387 e. The van der Waals surface area contributed by atoms with Gasteiger partial charge < -0.3 is 38.3 Å². The molecule has 0 aromatic heterocycles. The molecule has 35 heavy (non-hydrogen) atoms. The second-order valence-electron chi connectivity index (χ2n) is 10.2. The Labute approximate surface area is 205 Å². The van der Waals surface area contributed by atoms with Gasteiger partial charge in [-0.1, -0.05) is 36.5 Å². The number of hydrogen-bond donors (Lipinski definition) is 1. The van der Waals surface area contributed by atoms with Gasteiger partial charge in [0.1, 0.15) is 48.5 Å². The predicted octanol–water partition coefficient (Wildman–Crippen LogP) is 1.38. The number of aliphatic hydroxyl groups excluding tert-OH is 1. The van der Waals surface area contributed by atoms with E-state index in [2.05, 4.69) is 6.08 Å². The van der Waals surface area contributed by atoms with E-state index in [4.69, 9.17) is 33.2 Å². The summed E-state index contributed by atoms with van der Waals surface area (Å²) in [5, 5.41) is 11.1. The van der Waals surface area contributed by atoms with Gasteiger partial charge in [-0.25, -0.2) is 0 Å². The van der Waals surface area contributed by atoms with Crippen molar-refractivity contribution in [3.63, 3.8) is 0 Å². The molecule has 0 saturated carbocycles. The predicted molar refractivity (Wildman–Crippen MR) is 122 cm³/mol. The smallest absolute Gasteiger partial charge is 0.165 e. The third-order valence-electron chi connectivity index (χ3n) is 7.63. The molecule has 0 aromatic rings. The molecule has 1 N–H and O–H groups in total. The number of Topliss-reactive ketones (excluding diaryl/α,β-unsaturated/α-hetero) is 1. The molecule has 6 heterocycles. The Morgan fingerprint density at radius 3 is 2.40 bits per heavy atom. The molecule has 3 fully saturated rings. The van der Waals surface area contributed by atoms with Crippen molar-refractivity contribution in [2.75, 3.05) is 13.2 Å². The minimum atomic E-state index is -0.760. The molecule has 0 amide bonds. The molecule has 9 heteroatoms. The molecule has 6 aliphatic heterocycles. The summed E-state index contributed by atoms with van der Waals surface area (Å²) in [5.41, 5.74) is 0. The summed E-state index contributed by atoms with van der Waals surface area (Å²) >= 11 is 0. The van der Waals surface area contributed by atoms with Crippen molar-refractivity contribution in [3.8, 4) is 0 Å². The van der Waals surface area contributed by atoms with Crippen LogP contribution in [-0.4, -0.2) is 97.5 Å². The summed E-state index contributed by atoms with van der Waals surface area (Å²) in [6.07, 6.45) is 10.0. The van der Waals surface area contributed by atoms with Crippen LogP contribution in [-0.2, 0) is 38.0 Å². The molecule has 0 spiro atoms. The van der Waals surface area contributed by atoms with Crippen molar-refractivity contribution in [1.29, 1.82) is 0 Å². The molecule has 0 bridgehead atoms. The second kappa shape index (κ2) is 10.1. The van der Waals surface area contributed by atoms with E-state index in [1.165, 1.54) is 6.92 Å². The Morgan fingerprint density at radius 2 is 1.54 bits per heavy atom. The van der Waals surface area contributed by atoms with E-state index in [0.717, 1.165) is 0 Å². The van der Waals surface area contributed by atoms with E-state index in [-0.39, 0.29) is 61.0 Å². The molecular weight excluding hydrogens is 456 g/mol. The number of hydrogen-bond acceptors (Lipinski definition) is 9. The molecule has 0 aliphatic carbocycles. The van der Waals surface area contributed by atoms with E-state index >= 15 is 0 Å². The second-order valence-corrected chi connectivity index (χ2v) is 10.2. The first-order valence-corrected chi connectivity index (χ1v) is 12.7. The highest BCUT2D eigenvalue weighted by molar-refractivity contribution is 5.75. The molecule has 1 unspecified atom stereocenters. The first-order chi connectivity index (χ1) is 17.0. The Morgan fingerprint density at radius 1 is 0.771 bits per heavy atom. The third-order valence-corrected chi connectivity index (χ3v) is 7.63. The van der Waals surface area contributed by atoms with E-state index in [0.29, 0.717) is 32.5 Å². The quantitative estimate of drug-likeness (QED) is 0.575. The van der Waals surface area contributed by atoms with Gasteiger partial charge in [-0.3, -0.25) is 4.79 Å². The van der Waals surface area contributed by atoms with Crippen LogP contribution in [0.3, 0.4) is 0 Å². The first kappa shape index (κ1) is 23.9. The molecule has 0 radical (unpaired) electrons. The number of carbonyl (C=O) groups is 1. The lowest BCUT2D eigenvalue weighted by Crippen LogP contribution is -2.63. The average molecular weight is 491 g/mol. The summed E-state index contributed by atoms with van der Waals surface area (Å²) in [6.45, 7) is 2.34. The fourth-order valence-corrected chi connectivity index (χ4v) is 5.90. The van der Waals surface area contributed by atoms with Crippen LogP contribution in [0.5, 0.6) is 0 Å². The normalized spacial score (nSPS) is 50.0. The molecule has 6 aliphatic rings. The molecular formula is C26H34O9. The molecule has 3 saturated heterocycles. The van der Waals surface area contributed by atoms with E-state index in [9.17, 15) is 9.90 Å². The van der Waals surface area contributed by atoms with Gasteiger partial charge in [0, 0.05) is 6.42 Å². The molecule has 9 nitrogen and oxygen atoms in total.